The van der Waals surface area contributed by atoms with Gasteiger partial charge in [0.15, 0.2) is 0 Å². The van der Waals surface area contributed by atoms with Gasteiger partial charge in [0.2, 0.25) is 0 Å². The van der Waals surface area contributed by atoms with Gasteiger partial charge in [-0.05, 0) is 58.7 Å². The normalized spacial score (nSPS) is 12.4. The molecule has 0 bridgehead atoms. The first kappa shape index (κ1) is 14.2. The zero-order chi connectivity index (χ0) is 13.1. The van der Waals surface area contributed by atoms with Crippen LogP contribution in [0.15, 0.2) is 42.5 Å². The fraction of sp³-hybridized carbons (Fsp3) is 0.200. The molecule has 0 amide bonds. The maximum atomic E-state index is 6.53. The number of aryl methyl sites for hydroxylation is 1. The van der Waals surface area contributed by atoms with E-state index in [1.807, 2.05) is 24.3 Å². The SMILES string of the molecule is Cc1cccc(C(Cl)Cc2ccccc2Cl)c1I. The van der Waals surface area contributed by atoms with Crippen molar-refractivity contribution >= 4 is 45.8 Å². The number of hydrogen-bond donors (Lipinski definition) is 0. The minimum absolute atomic E-state index is 0.0447. The third-order valence-corrected chi connectivity index (χ3v) is 5.15. The van der Waals surface area contributed by atoms with Gasteiger partial charge >= 0.3 is 0 Å². The standard InChI is InChI=1S/C15H13Cl2I/c1-10-5-4-7-12(15(10)18)14(17)9-11-6-2-3-8-13(11)16/h2-8,14H,9H2,1H3. The summed E-state index contributed by atoms with van der Waals surface area (Å²) >= 11 is 15.0. The molecule has 0 spiro atoms. The third-order valence-electron chi connectivity index (χ3n) is 2.92. The Kier molecular flexibility index (Phi) is 4.93. The first-order chi connectivity index (χ1) is 8.59. The summed E-state index contributed by atoms with van der Waals surface area (Å²) in [4.78, 5) is 0. The van der Waals surface area contributed by atoms with E-state index in [4.69, 9.17) is 23.2 Å². The molecule has 0 N–H and O–H groups in total. The molecule has 1 atom stereocenters. The average molecular weight is 391 g/mol. The lowest BCUT2D eigenvalue weighted by Crippen LogP contribution is -2.00. The topological polar surface area (TPSA) is 0 Å². The average Bonchev–Trinajstić information content (AvgIpc) is 2.35. The van der Waals surface area contributed by atoms with Crippen molar-refractivity contribution in [3.8, 4) is 0 Å². The van der Waals surface area contributed by atoms with Gasteiger partial charge in [-0.15, -0.1) is 11.6 Å². The van der Waals surface area contributed by atoms with Crippen LogP contribution in [0.25, 0.3) is 0 Å². The predicted molar refractivity (Wildman–Crippen MR) is 87.6 cm³/mol. The molecule has 0 fully saturated rings. The van der Waals surface area contributed by atoms with Crippen molar-refractivity contribution in [2.45, 2.75) is 18.7 Å². The van der Waals surface area contributed by atoms with Crippen molar-refractivity contribution in [1.82, 2.24) is 0 Å². The first-order valence-corrected chi connectivity index (χ1v) is 7.61. The third kappa shape index (κ3) is 3.19. The lowest BCUT2D eigenvalue weighted by Gasteiger charge is -2.14. The van der Waals surface area contributed by atoms with E-state index < -0.39 is 0 Å². The molecule has 0 aliphatic heterocycles. The highest BCUT2D eigenvalue weighted by molar-refractivity contribution is 14.1. The second-order valence-electron chi connectivity index (χ2n) is 4.24. The maximum absolute atomic E-state index is 6.53. The number of rotatable bonds is 3. The quantitative estimate of drug-likeness (QED) is 0.460. The minimum atomic E-state index is -0.0447. The molecule has 0 aromatic heterocycles. The number of alkyl halides is 1. The van der Waals surface area contributed by atoms with Crippen molar-refractivity contribution in [2.24, 2.45) is 0 Å². The van der Waals surface area contributed by atoms with Gasteiger partial charge in [-0.2, -0.15) is 0 Å². The highest BCUT2D eigenvalue weighted by Crippen LogP contribution is 2.32. The second kappa shape index (κ2) is 6.27. The number of benzene rings is 2. The zero-order valence-electron chi connectivity index (χ0n) is 9.96. The Balaban J connectivity index is 2.25. The molecule has 0 nitrogen and oxygen atoms in total. The van der Waals surface area contributed by atoms with Gasteiger partial charge in [0.1, 0.15) is 0 Å². The molecule has 0 aliphatic rings. The molecule has 0 saturated heterocycles. The highest BCUT2D eigenvalue weighted by Gasteiger charge is 2.14. The van der Waals surface area contributed by atoms with Crippen LogP contribution in [0.4, 0.5) is 0 Å². The Morgan fingerprint density at radius 1 is 1.11 bits per heavy atom. The van der Waals surface area contributed by atoms with Crippen molar-refractivity contribution in [2.75, 3.05) is 0 Å². The molecule has 0 heterocycles. The van der Waals surface area contributed by atoms with Crippen LogP contribution in [-0.2, 0) is 6.42 Å². The molecule has 0 aliphatic carbocycles. The lowest BCUT2D eigenvalue weighted by molar-refractivity contribution is 0.911. The van der Waals surface area contributed by atoms with Gasteiger partial charge in [0.05, 0.1) is 5.38 Å². The summed E-state index contributed by atoms with van der Waals surface area (Å²) < 4.78 is 1.24. The van der Waals surface area contributed by atoms with Crippen molar-refractivity contribution in [3.63, 3.8) is 0 Å². The molecule has 2 aromatic rings. The summed E-state index contributed by atoms with van der Waals surface area (Å²) in [5.74, 6) is 0. The molecule has 3 heteroatoms. The van der Waals surface area contributed by atoms with E-state index in [1.54, 1.807) is 0 Å². The van der Waals surface area contributed by atoms with Crippen LogP contribution in [-0.4, -0.2) is 0 Å². The van der Waals surface area contributed by atoms with Crippen LogP contribution in [0, 0.1) is 10.5 Å². The Hall–Kier alpha value is -0.250. The molecule has 2 aromatic carbocycles. The molecule has 0 radical (unpaired) electrons. The summed E-state index contributed by atoms with van der Waals surface area (Å²) in [6.07, 6.45) is 0.751. The fourth-order valence-electron chi connectivity index (χ4n) is 1.88. The first-order valence-electron chi connectivity index (χ1n) is 5.72. The van der Waals surface area contributed by atoms with Crippen LogP contribution in [0.3, 0.4) is 0 Å². The Morgan fingerprint density at radius 2 is 1.83 bits per heavy atom. The lowest BCUT2D eigenvalue weighted by atomic mass is 10.0. The van der Waals surface area contributed by atoms with E-state index >= 15 is 0 Å². The Bertz CT molecular complexity index is 552. The van der Waals surface area contributed by atoms with E-state index in [0.717, 1.165) is 17.0 Å². The summed E-state index contributed by atoms with van der Waals surface area (Å²) in [7, 11) is 0. The molecule has 1 unspecified atom stereocenters. The van der Waals surface area contributed by atoms with Crippen molar-refractivity contribution in [3.05, 3.63) is 67.7 Å². The van der Waals surface area contributed by atoms with E-state index in [1.165, 1.54) is 14.7 Å². The van der Waals surface area contributed by atoms with Crippen molar-refractivity contribution < 1.29 is 0 Å². The van der Waals surface area contributed by atoms with Crippen LogP contribution in [0.2, 0.25) is 5.02 Å². The Morgan fingerprint density at radius 3 is 2.56 bits per heavy atom. The second-order valence-corrected chi connectivity index (χ2v) is 6.25. The largest absolute Gasteiger partial charge is 0.117 e. The van der Waals surface area contributed by atoms with Gasteiger partial charge in [-0.1, -0.05) is 48.0 Å². The van der Waals surface area contributed by atoms with Crippen molar-refractivity contribution in [1.29, 1.82) is 0 Å². The smallest absolute Gasteiger partial charge is 0.0636 e. The summed E-state index contributed by atoms with van der Waals surface area (Å²) in [6, 6.07) is 14.1. The Labute approximate surface area is 131 Å². The van der Waals surface area contributed by atoms with Crippen LogP contribution < -0.4 is 0 Å². The van der Waals surface area contributed by atoms with Gasteiger partial charge in [-0.25, -0.2) is 0 Å². The molecule has 2 rings (SSSR count). The van der Waals surface area contributed by atoms with Gasteiger partial charge in [0.25, 0.3) is 0 Å². The molecule has 18 heavy (non-hydrogen) atoms. The minimum Gasteiger partial charge on any atom is -0.117 e. The van der Waals surface area contributed by atoms with Gasteiger partial charge in [-0.3, -0.25) is 0 Å². The predicted octanol–water partition coefficient (Wildman–Crippen LogP) is 5.78. The molecular weight excluding hydrogens is 378 g/mol. The summed E-state index contributed by atoms with van der Waals surface area (Å²) in [6.45, 7) is 2.10. The van der Waals surface area contributed by atoms with Gasteiger partial charge < -0.3 is 0 Å². The van der Waals surface area contributed by atoms with E-state index in [-0.39, 0.29) is 5.38 Å². The summed E-state index contributed by atoms with van der Waals surface area (Å²) in [5, 5.41) is 0.738. The molecule has 0 saturated carbocycles. The summed E-state index contributed by atoms with van der Waals surface area (Å²) in [5.41, 5.74) is 3.53. The van der Waals surface area contributed by atoms with Crippen LogP contribution in [0.5, 0.6) is 0 Å². The maximum Gasteiger partial charge on any atom is 0.0636 e. The van der Waals surface area contributed by atoms with E-state index in [2.05, 4.69) is 47.7 Å². The highest BCUT2D eigenvalue weighted by atomic mass is 127. The van der Waals surface area contributed by atoms with E-state index in [0.29, 0.717) is 0 Å². The molecular formula is C15H13Cl2I. The number of halogens is 3. The van der Waals surface area contributed by atoms with Gasteiger partial charge in [0, 0.05) is 8.59 Å². The number of hydrogen-bond acceptors (Lipinski definition) is 0. The fourth-order valence-corrected chi connectivity index (χ4v) is 3.36. The monoisotopic (exact) mass is 390 g/mol. The van der Waals surface area contributed by atoms with Crippen LogP contribution in [0.1, 0.15) is 22.1 Å². The van der Waals surface area contributed by atoms with E-state index in [9.17, 15) is 0 Å². The zero-order valence-corrected chi connectivity index (χ0v) is 13.6. The molecule has 94 valence electrons. The van der Waals surface area contributed by atoms with Crippen LogP contribution >= 0.6 is 45.8 Å².